The zero-order valence-electron chi connectivity index (χ0n) is 11.0. The van der Waals surface area contributed by atoms with Crippen LogP contribution in [0.25, 0.3) is 0 Å². The highest BCUT2D eigenvalue weighted by atomic mass is 28.3. The molecular formula is C14H24Si. The van der Waals surface area contributed by atoms with Crippen LogP contribution in [0.15, 0.2) is 24.3 Å². The normalized spacial score (nSPS) is 12.9. The molecule has 0 heterocycles. The molecule has 0 aliphatic heterocycles. The van der Waals surface area contributed by atoms with E-state index in [0.29, 0.717) is 5.41 Å². The molecular weight excluding hydrogens is 196 g/mol. The molecule has 1 aromatic rings. The number of hydrogen-bond acceptors (Lipinski definition) is 0. The first kappa shape index (κ1) is 12.5. The predicted molar refractivity (Wildman–Crippen MR) is 72.6 cm³/mol. The molecule has 0 aliphatic carbocycles. The van der Waals surface area contributed by atoms with Gasteiger partial charge in [-0.25, -0.2) is 0 Å². The molecule has 84 valence electrons. The van der Waals surface area contributed by atoms with Gasteiger partial charge in [0, 0.05) is 0 Å². The van der Waals surface area contributed by atoms with E-state index < -0.39 is 8.07 Å². The highest BCUT2D eigenvalue weighted by molar-refractivity contribution is 6.89. The van der Waals surface area contributed by atoms with Crippen molar-refractivity contribution in [2.24, 2.45) is 5.41 Å². The van der Waals surface area contributed by atoms with Crippen molar-refractivity contribution in [3.63, 3.8) is 0 Å². The molecule has 0 saturated heterocycles. The Morgan fingerprint density at radius 2 is 1.53 bits per heavy atom. The van der Waals surface area contributed by atoms with Crippen molar-refractivity contribution in [1.29, 1.82) is 0 Å². The molecule has 0 nitrogen and oxygen atoms in total. The zero-order chi connectivity index (χ0) is 11.7. The van der Waals surface area contributed by atoms with Crippen molar-refractivity contribution in [3.05, 3.63) is 29.8 Å². The molecule has 0 spiro atoms. The van der Waals surface area contributed by atoms with Crippen molar-refractivity contribution in [2.75, 3.05) is 0 Å². The fourth-order valence-electron chi connectivity index (χ4n) is 1.98. The Balaban J connectivity index is 3.08. The first-order valence-corrected chi connectivity index (χ1v) is 9.28. The maximum absolute atomic E-state index is 2.43. The molecule has 0 amide bonds. The molecule has 1 aromatic carbocycles. The summed E-state index contributed by atoms with van der Waals surface area (Å²) in [5.74, 6) is 0. The SMILES string of the molecule is CC(C)(C)Cc1ccccc1[Si](C)(C)C. The molecule has 1 rings (SSSR count). The van der Waals surface area contributed by atoms with Crippen LogP contribution < -0.4 is 5.19 Å². The summed E-state index contributed by atoms with van der Waals surface area (Å²) in [6.07, 6.45) is 1.19. The monoisotopic (exact) mass is 220 g/mol. The van der Waals surface area contributed by atoms with Gasteiger partial charge in [-0.05, 0) is 17.4 Å². The van der Waals surface area contributed by atoms with Gasteiger partial charge in [-0.2, -0.15) is 0 Å². The van der Waals surface area contributed by atoms with Gasteiger partial charge in [0.25, 0.3) is 0 Å². The lowest BCUT2D eigenvalue weighted by Crippen LogP contribution is -2.40. The third kappa shape index (κ3) is 3.82. The fourth-order valence-corrected chi connectivity index (χ4v) is 3.71. The summed E-state index contributed by atoms with van der Waals surface area (Å²) in [4.78, 5) is 0. The molecule has 0 N–H and O–H groups in total. The molecule has 0 aliphatic rings. The Bertz CT molecular complexity index is 326. The van der Waals surface area contributed by atoms with Crippen molar-refractivity contribution in [2.45, 2.75) is 46.8 Å². The minimum Gasteiger partial charge on any atom is -0.0656 e. The lowest BCUT2D eigenvalue weighted by molar-refractivity contribution is 0.412. The van der Waals surface area contributed by atoms with Crippen LogP contribution in [0.3, 0.4) is 0 Å². The molecule has 1 heteroatoms. The maximum atomic E-state index is 2.43. The summed E-state index contributed by atoms with van der Waals surface area (Å²) in [6, 6.07) is 8.98. The largest absolute Gasteiger partial charge is 0.0779 e. The Morgan fingerprint density at radius 1 is 1.00 bits per heavy atom. The average Bonchev–Trinajstić information content (AvgIpc) is 1.99. The van der Waals surface area contributed by atoms with Crippen LogP contribution in [0, 0.1) is 5.41 Å². The van der Waals surface area contributed by atoms with E-state index in [4.69, 9.17) is 0 Å². The molecule has 0 bridgehead atoms. The summed E-state index contributed by atoms with van der Waals surface area (Å²) in [6.45, 7) is 14.2. The summed E-state index contributed by atoms with van der Waals surface area (Å²) < 4.78 is 0. The molecule has 0 atom stereocenters. The van der Waals surface area contributed by atoms with E-state index >= 15 is 0 Å². The van der Waals surface area contributed by atoms with E-state index in [1.165, 1.54) is 6.42 Å². The molecule has 0 radical (unpaired) electrons. The van der Waals surface area contributed by atoms with Gasteiger partial charge in [0.1, 0.15) is 0 Å². The number of rotatable bonds is 2. The summed E-state index contributed by atoms with van der Waals surface area (Å²) in [5, 5.41) is 1.62. The minimum absolute atomic E-state index is 0.385. The van der Waals surface area contributed by atoms with Gasteiger partial charge in [0.2, 0.25) is 0 Å². The zero-order valence-corrected chi connectivity index (χ0v) is 12.0. The second-order valence-corrected chi connectivity index (χ2v) is 11.7. The Morgan fingerprint density at radius 3 is 2.00 bits per heavy atom. The average molecular weight is 220 g/mol. The van der Waals surface area contributed by atoms with E-state index in [1.54, 1.807) is 10.8 Å². The Hall–Kier alpha value is -0.563. The van der Waals surface area contributed by atoms with Gasteiger partial charge < -0.3 is 0 Å². The Kier molecular flexibility index (Phi) is 3.44. The van der Waals surface area contributed by atoms with Gasteiger partial charge in [0.15, 0.2) is 0 Å². The van der Waals surface area contributed by atoms with Crippen LogP contribution in [-0.4, -0.2) is 8.07 Å². The van der Waals surface area contributed by atoms with Gasteiger partial charge in [-0.15, -0.1) is 0 Å². The molecule has 0 unspecified atom stereocenters. The number of benzene rings is 1. The van der Waals surface area contributed by atoms with Crippen LogP contribution in [0.2, 0.25) is 19.6 Å². The quantitative estimate of drug-likeness (QED) is 0.665. The van der Waals surface area contributed by atoms with Gasteiger partial charge in [-0.1, -0.05) is 69.9 Å². The first-order chi connectivity index (χ1) is 6.70. The topological polar surface area (TPSA) is 0 Å². The van der Waals surface area contributed by atoms with Crippen molar-refractivity contribution < 1.29 is 0 Å². The van der Waals surface area contributed by atoms with Crippen LogP contribution in [0.4, 0.5) is 0 Å². The van der Waals surface area contributed by atoms with Gasteiger partial charge in [0.05, 0.1) is 8.07 Å². The third-order valence-corrected chi connectivity index (χ3v) is 4.65. The predicted octanol–water partition coefficient (Wildman–Crippen LogP) is 3.82. The molecule has 0 aromatic heterocycles. The molecule has 0 fully saturated rings. The van der Waals surface area contributed by atoms with Crippen LogP contribution in [0.1, 0.15) is 26.3 Å². The highest BCUT2D eigenvalue weighted by Gasteiger charge is 2.22. The minimum atomic E-state index is -1.18. The molecule has 15 heavy (non-hydrogen) atoms. The fraction of sp³-hybridized carbons (Fsp3) is 0.571. The first-order valence-electron chi connectivity index (χ1n) is 5.78. The van der Waals surface area contributed by atoms with Crippen molar-refractivity contribution >= 4 is 13.3 Å². The second-order valence-electron chi connectivity index (χ2n) is 6.64. The van der Waals surface area contributed by atoms with Gasteiger partial charge >= 0.3 is 0 Å². The summed E-state index contributed by atoms with van der Waals surface area (Å²) >= 11 is 0. The second kappa shape index (κ2) is 4.13. The van der Waals surface area contributed by atoms with E-state index in [-0.39, 0.29) is 0 Å². The van der Waals surface area contributed by atoms with E-state index in [9.17, 15) is 0 Å². The van der Waals surface area contributed by atoms with Crippen molar-refractivity contribution in [1.82, 2.24) is 0 Å². The summed E-state index contributed by atoms with van der Waals surface area (Å²) in [5.41, 5.74) is 1.94. The third-order valence-electron chi connectivity index (χ3n) is 2.55. The van der Waals surface area contributed by atoms with Crippen LogP contribution in [0.5, 0.6) is 0 Å². The number of hydrogen-bond donors (Lipinski definition) is 0. The summed E-state index contributed by atoms with van der Waals surface area (Å²) in [7, 11) is -1.18. The van der Waals surface area contributed by atoms with Crippen LogP contribution in [-0.2, 0) is 6.42 Å². The molecule has 0 saturated carbocycles. The highest BCUT2D eigenvalue weighted by Crippen LogP contribution is 2.20. The maximum Gasteiger partial charge on any atom is 0.0779 e. The van der Waals surface area contributed by atoms with E-state index in [0.717, 1.165) is 0 Å². The smallest absolute Gasteiger partial charge is 0.0656 e. The lowest BCUT2D eigenvalue weighted by atomic mass is 9.88. The van der Waals surface area contributed by atoms with E-state index in [1.807, 2.05) is 0 Å². The van der Waals surface area contributed by atoms with Crippen molar-refractivity contribution in [3.8, 4) is 0 Å². The van der Waals surface area contributed by atoms with Crippen LogP contribution >= 0.6 is 0 Å². The van der Waals surface area contributed by atoms with Gasteiger partial charge in [-0.3, -0.25) is 0 Å². The standard InChI is InChI=1S/C14H24Si/c1-14(2,3)11-12-9-7-8-10-13(12)15(4,5)6/h7-10H,11H2,1-6H3. The lowest BCUT2D eigenvalue weighted by Gasteiger charge is -2.25. The van der Waals surface area contributed by atoms with E-state index in [2.05, 4.69) is 64.7 Å². The Labute approximate surface area is 95.7 Å².